The first-order valence-corrected chi connectivity index (χ1v) is 7.41. The van der Waals surface area contributed by atoms with Crippen LogP contribution in [0, 0.1) is 6.92 Å². The predicted octanol–water partition coefficient (Wildman–Crippen LogP) is 3.47. The minimum Gasteiger partial charge on any atom is -0.481 e. The molecule has 1 aromatic rings. The molecule has 1 amide bonds. The zero-order valence-electron chi connectivity index (χ0n) is 12.0. The highest BCUT2D eigenvalue weighted by Crippen LogP contribution is 2.19. The van der Waals surface area contributed by atoms with E-state index in [1.807, 2.05) is 39.0 Å². The summed E-state index contributed by atoms with van der Waals surface area (Å²) < 4.78 is 0.862. The summed E-state index contributed by atoms with van der Waals surface area (Å²) in [5, 5.41) is 8.69. The summed E-state index contributed by atoms with van der Waals surface area (Å²) in [6.45, 7) is 6.22. The first-order chi connectivity index (χ1) is 9.32. The van der Waals surface area contributed by atoms with Gasteiger partial charge in [-0.25, -0.2) is 0 Å². The predicted molar refractivity (Wildman–Crippen MR) is 81.9 cm³/mol. The van der Waals surface area contributed by atoms with E-state index in [9.17, 15) is 9.59 Å². The lowest BCUT2D eigenvalue weighted by atomic mass is 10.1. The second-order valence-electron chi connectivity index (χ2n) is 5.05. The molecule has 0 unspecified atom stereocenters. The molecule has 0 radical (unpaired) electrons. The van der Waals surface area contributed by atoms with Crippen LogP contribution in [0.4, 0.5) is 0 Å². The van der Waals surface area contributed by atoms with Crippen molar-refractivity contribution in [2.75, 3.05) is 6.54 Å². The number of nitrogens with zero attached hydrogens (tertiary/aromatic N) is 1. The van der Waals surface area contributed by atoms with Crippen LogP contribution >= 0.6 is 15.9 Å². The number of carboxylic acid groups (broad SMARTS) is 1. The molecule has 0 spiro atoms. The Balaban J connectivity index is 2.88. The van der Waals surface area contributed by atoms with E-state index in [1.165, 1.54) is 0 Å². The Hall–Kier alpha value is -1.36. The van der Waals surface area contributed by atoms with Crippen LogP contribution in [0.5, 0.6) is 0 Å². The molecule has 4 nitrogen and oxygen atoms in total. The maximum Gasteiger partial charge on any atom is 0.303 e. The molecule has 0 atom stereocenters. The fraction of sp³-hybridized carbons (Fsp3) is 0.467. The Morgan fingerprint density at radius 3 is 2.55 bits per heavy atom. The second-order valence-corrected chi connectivity index (χ2v) is 5.96. The van der Waals surface area contributed by atoms with Crippen LogP contribution in [0.2, 0.25) is 0 Å². The Labute approximate surface area is 127 Å². The molecule has 0 saturated heterocycles. The third-order valence-corrected chi connectivity index (χ3v) is 3.60. The van der Waals surface area contributed by atoms with Crippen LogP contribution in [0.3, 0.4) is 0 Å². The summed E-state index contributed by atoms with van der Waals surface area (Å²) in [4.78, 5) is 24.9. The van der Waals surface area contributed by atoms with Gasteiger partial charge in [-0.3, -0.25) is 9.59 Å². The molecule has 5 heteroatoms. The number of carbonyl (C=O) groups excluding carboxylic acids is 1. The van der Waals surface area contributed by atoms with Crippen molar-refractivity contribution < 1.29 is 14.7 Å². The highest BCUT2D eigenvalue weighted by Gasteiger charge is 2.20. The number of carbonyl (C=O) groups is 2. The maximum atomic E-state index is 12.6. The van der Waals surface area contributed by atoms with Gasteiger partial charge in [-0.05, 0) is 44.9 Å². The molecular formula is C15H20BrNO3. The van der Waals surface area contributed by atoms with Gasteiger partial charge in [0.05, 0.1) is 0 Å². The van der Waals surface area contributed by atoms with Crippen LogP contribution in [0.1, 0.15) is 42.6 Å². The highest BCUT2D eigenvalue weighted by atomic mass is 79.9. The van der Waals surface area contributed by atoms with Crippen molar-refractivity contribution in [3.8, 4) is 0 Å². The van der Waals surface area contributed by atoms with Crippen molar-refractivity contribution in [3.63, 3.8) is 0 Å². The quantitative estimate of drug-likeness (QED) is 0.861. The molecule has 0 aliphatic rings. The van der Waals surface area contributed by atoms with Gasteiger partial charge in [-0.2, -0.15) is 0 Å². The summed E-state index contributed by atoms with van der Waals surface area (Å²) in [6, 6.07) is 5.64. The molecular weight excluding hydrogens is 322 g/mol. The molecule has 0 bridgehead atoms. The standard InChI is InChI=1S/C15H20BrNO3/c1-10(2)17(8-4-5-14(18)19)15(20)13-9-12(16)7-6-11(13)3/h6-7,9-10H,4-5,8H2,1-3H3,(H,18,19). The smallest absolute Gasteiger partial charge is 0.303 e. The Bertz CT molecular complexity index is 500. The molecule has 0 aromatic heterocycles. The number of halogens is 1. The second kappa shape index (κ2) is 7.43. The van der Waals surface area contributed by atoms with Crippen molar-refractivity contribution >= 4 is 27.8 Å². The van der Waals surface area contributed by atoms with Gasteiger partial charge in [0.1, 0.15) is 0 Å². The molecule has 1 aromatic carbocycles. The molecule has 1 rings (SSSR count). The number of hydrogen-bond donors (Lipinski definition) is 1. The third kappa shape index (κ3) is 4.63. The average Bonchev–Trinajstić information content (AvgIpc) is 2.36. The lowest BCUT2D eigenvalue weighted by Gasteiger charge is -2.27. The van der Waals surface area contributed by atoms with Gasteiger partial charge in [-0.15, -0.1) is 0 Å². The van der Waals surface area contributed by atoms with Gasteiger partial charge in [0.15, 0.2) is 0 Å². The van der Waals surface area contributed by atoms with E-state index in [0.717, 1.165) is 10.0 Å². The van der Waals surface area contributed by atoms with E-state index >= 15 is 0 Å². The Morgan fingerprint density at radius 1 is 1.35 bits per heavy atom. The van der Waals surface area contributed by atoms with Gasteiger partial charge in [-0.1, -0.05) is 22.0 Å². The van der Waals surface area contributed by atoms with E-state index in [0.29, 0.717) is 18.5 Å². The van der Waals surface area contributed by atoms with Gasteiger partial charge in [0.2, 0.25) is 0 Å². The number of carboxylic acids is 1. The minimum absolute atomic E-state index is 0.0367. The van der Waals surface area contributed by atoms with Gasteiger partial charge in [0, 0.05) is 29.0 Å². The van der Waals surface area contributed by atoms with Crippen LogP contribution in [0.15, 0.2) is 22.7 Å². The maximum absolute atomic E-state index is 12.6. The first kappa shape index (κ1) is 16.7. The molecule has 0 aliphatic heterocycles. The average molecular weight is 342 g/mol. The fourth-order valence-corrected chi connectivity index (χ4v) is 2.34. The molecule has 1 N–H and O–H groups in total. The molecule has 0 heterocycles. The Kier molecular flexibility index (Phi) is 6.20. The van der Waals surface area contributed by atoms with Gasteiger partial charge >= 0.3 is 5.97 Å². The number of benzene rings is 1. The normalized spacial score (nSPS) is 10.7. The Morgan fingerprint density at radius 2 is 2.00 bits per heavy atom. The molecule has 0 aliphatic carbocycles. The number of rotatable bonds is 6. The van der Waals surface area contributed by atoms with Crippen molar-refractivity contribution in [3.05, 3.63) is 33.8 Å². The number of amides is 1. The summed E-state index contributed by atoms with van der Waals surface area (Å²) in [5.74, 6) is -0.885. The monoisotopic (exact) mass is 341 g/mol. The molecule has 20 heavy (non-hydrogen) atoms. The SMILES string of the molecule is Cc1ccc(Br)cc1C(=O)N(CCCC(=O)O)C(C)C. The summed E-state index contributed by atoms with van der Waals surface area (Å²) in [6.07, 6.45) is 0.542. The first-order valence-electron chi connectivity index (χ1n) is 6.62. The van der Waals surface area contributed by atoms with Crippen molar-refractivity contribution in [1.29, 1.82) is 0 Å². The zero-order chi connectivity index (χ0) is 15.3. The van der Waals surface area contributed by atoms with E-state index in [4.69, 9.17) is 5.11 Å². The fourth-order valence-electron chi connectivity index (χ4n) is 1.97. The number of aryl methyl sites for hydroxylation is 1. The van der Waals surface area contributed by atoms with E-state index in [-0.39, 0.29) is 18.4 Å². The van der Waals surface area contributed by atoms with Gasteiger partial charge in [0.25, 0.3) is 5.91 Å². The summed E-state index contributed by atoms with van der Waals surface area (Å²) in [7, 11) is 0. The van der Waals surface area contributed by atoms with Crippen LogP contribution in [-0.2, 0) is 4.79 Å². The minimum atomic E-state index is -0.834. The number of hydrogen-bond acceptors (Lipinski definition) is 2. The van der Waals surface area contributed by atoms with Crippen molar-refractivity contribution in [1.82, 2.24) is 4.90 Å². The zero-order valence-corrected chi connectivity index (χ0v) is 13.6. The largest absolute Gasteiger partial charge is 0.481 e. The van der Waals surface area contributed by atoms with Crippen molar-refractivity contribution in [2.45, 2.75) is 39.7 Å². The molecule has 110 valence electrons. The third-order valence-electron chi connectivity index (χ3n) is 3.10. The van der Waals surface area contributed by atoms with E-state index in [2.05, 4.69) is 15.9 Å². The summed E-state index contributed by atoms with van der Waals surface area (Å²) in [5.41, 5.74) is 1.57. The highest BCUT2D eigenvalue weighted by molar-refractivity contribution is 9.10. The lowest BCUT2D eigenvalue weighted by molar-refractivity contribution is -0.137. The van der Waals surface area contributed by atoms with Crippen LogP contribution in [-0.4, -0.2) is 34.5 Å². The lowest BCUT2D eigenvalue weighted by Crippen LogP contribution is -2.38. The number of aliphatic carboxylic acids is 1. The molecule has 0 saturated carbocycles. The summed E-state index contributed by atoms with van der Waals surface area (Å²) >= 11 is 3.37. The van der Waals surface area contributed by atoms with Gasteiger partial charge < -0.3 is 10.0 Å². The van der Waals surface area contributed by atoms with E-state index in [1.54, 1.807) is 4.90 Å². The van der Waals surface area contributed by atoms with Crippen molar-refractivity contribution in [2.24, 2.45) is 0 Å². The topological polar surface area (TPSA) is 57.6 Å². The molecule has 0 fully saturated rings. The van der Waals surface area contributed by atoms with E-state index < -0.39 is 5.97 Å². The van der Waals surface area contributed by atoms with Crippen LogP contribution < -0.4 is 0 Å². The van der Waals surface area contributed by atoms with Crippen LogP contribution in [0.25, 0.3) is 0 Å².